The summed E-state index contributed by atoms with van der Waals surface area (Å²) < 4.78 is 0. The Morgan fingerprint density at radius 2 is 2.11 bits per heavy atom. The van der Waals surface area contributed by atoms with E-state index in [0.29, 0.717) is 13.0 Å². The number of hydrogen-bond donors (Lipinski definition) is 3. The van der Waals surface area contributed by atoms with Crippen molar-refractivity contribution in [2.45, 2.75) is 38.3 Å². The van der Waals surface area contributed by atoms with Gasteiger partial charge in [0.1, 0.15) is 5.54 Å². The lowest BCUT2D eigenvalue weighted by atomic mass is 10.00. The Morgan fingerprint density at radius 1 is 1.42 bits per heavy atom. The van der Waals surface area contributed by atoms with Gasteiger partial charge in [-0.25, -0.2) is 4.79 Å². The quantitative estimate of drug-likeness (QED) is 0.571. The molecule has 2 saturated heterocycles. The Hall–Kier alpha value is -1.63. The minimum absolute atomic E-state index is 0.0549. The fraction of sp³-hybridized carbons (Fsp3) is 0.750. The molecule has 19 heavy (non-hydrogen) atoms. The maximum absolute atomic E-state index is 12.0. The van der Waals surface area contributed by atoms with Crippen LogP contribution in [0, 0.1) is 0 Å². The third-order valence-electron chi connectivity index (χ3n) is 3.41. The van der Waals surface area contributed by atoms with Crippen LogP contribution in [0.2, 0.25) is 0 Å². The molecule has 0 saturated carbocycles. The molecule has 0 aromatic rings. The van der Waals surface area contributed by atoms with Gasteiger partial charge in [-0.1, -0.05) is 0 Å². The van der Waals surface area contributed by atoms with Gasteiger partial charge in [0.05, 0.1) is 13.1 Å². The van der Waals surface area contributed by atoms with Crippen LogP contribution in [0.3, 0.4) is 0 Å². The molecular formula is C12H20N4O3. The molecule has 106 valence electrons. The summed E-state index contributed by atoms with van der Waals surface area (Å²) in [5, 5.41) is 7.96. The summed E-state index contributed by atoms with van der Waals surface area (Å²) >= 11 is 0. The number of rotatable bonds is 2. The predicted molar refractivity (Wildman–Crippen MR) is 68.4 cm³/mol. The van der Waals surface area contributed by atoms with Gasteiger partial charge in [0, 0.05) is 12.1 Å². The van der Waals surface area contributed by atoms with E-state index in [1.54, 1.807) is 4.90 Å². The molecule has 1 spiro atoms. The molecule has 3 N–H and O–H groups in total. The summed E-state index contributed by atoms with van der Waals surface area (Å²) in [6.07, 6.45) is 0.464. The Labute approximate surface area is 112 Å². The van der Waals surface area contributed by atoms with E-state index in [2.05, 4.69) is 16.0 Å². The summed E-state index contributed by atoms with van der Waals surface area (Å²) in [7, 11) is 0. The molecule has 2 aliphatic heterocycles. The lowest BCUT2D eigenvalue weighted by Crippen LogP contribution is -2.51. The van der Waals surface area contributed by atoms with Crippen LogP contribution in [0.15, 0.2) is 0 Å². The van der Waals surface area contributed by atoms with Gasteiger partial charge in [0.25, 0.3) is 5.91 Å². The maximum Gasteiger partial charge on any atom is 0.322 e. The SMILES string of the molecule is CC(C)(C)NCC(=O)N1CCC2(C1)NC(=O)NC2=O. The molecule has 1 atom stereocenters. The molecule has 2 heterocycles. The number of imide groups is 1. The van der Waals surface area contributed by atoms with Crippen molar-refractivity contribution in [1.82, 2.24) is 20.9 Å². The summed E-state index contributed by atoms with van der Waals surface area (Å²) in [5.41, 5.74) is -1.06. The number of carbonyl (C=O) groups is 3. The van der Waals surface area contributed by atoms with Crippen molar-refractivity contribution >= 4 is 17.8 Å². The molecular weight excluding hydrogens is 248 g/mol. The van der Waals surface area contributed by atoms with Crippen LogP contribution < -0.4 is 16.0 Å². The molecule has 7 nitrogen and oxygen atoms in total. The normalized spacial score (nSPS) is 26.8. The number of carbonyl (C=O) groups excluding carboxylic acids is 3. The highest BCUT2D eigenvalue weighted by molar-refractivity contribution is 6.07. The van der Waals surface area contributed by atoms with E-state index >= 15 is 0 Å². The van der Waals surface area contributed by atoms with Gasteiger partial charge in [-0.05, 0) is 27.2 Å². The second kappa shape index (κ2) is 4.48. The Kier molecular flexibility index (Phi) is 3.25. The zero-order valence-corrected chi connectivity index (χ0v) is 11.5. The first-order valence-electron chi connectivity index (χ1n) is 6.38. The number of likely N-dealkylation sites (tertiary alicyclic amines) is 1. The average Bonchev–Trinajstić information content (AvgIpc) is 2.81. The van der Waals surface area contributed by atoms with Crippen molar-refractivity contribution in [3.05, 3.63) is 0 Å². The smallest absolute Gasteiger partial charge is 0.322 e. The number of nitrogens with one attached hydrogen (secondary N) is 3. The van der Waals surface area contributed by atoms with Crippen molar-refractivity contribution in [3.8, 4) is 0 Å². The number of hydrogen-bond acceptors (Lipinski definition) is 4. The minimum atomic E-state index is -0.922. The third kappa shape index (κ3) is 2.86. The van der Waals surface area contributed by atoms with Crippen LogP contribution in [0.5, 0.6) is 0 Å². The van der Waals surface area contributed by atoms with Gasteiger partial charge in [-0.3, -0.25) is 14.9 Å². The average molecular weight is 268 g/mol. The Morgan fingerprint density at radius 3 is 2.63 bits per heavy atom. The molecule has 0 aromatic carbocycles. The highest BCUT2D eigenvalue weighted by Crippen LogP contribution is 2.24. The summed E-state index contributed by atoms with van der Waals surface area (Å²) in [5.74, 6) is -0.391. The first-order valence-corrected chi connectivity index (χ1v) is 6.38. The second-order valence-electron chi connectivity index (χ2n) is 6.16. The highest BCUT2D eigenvalue weighted by Gasteiger charge is 2.51. The third-order valence-corrected chi connectivity index (χ3v) is 3.41. The molecule has 4 amide bonds. The molecule has 2 fully saturated rings. The molecule has 0 radical (unpaired) electrons. The van der Waals surface area contributed by atoms with Gasteiger partial charge in [0.15, 0.2) is 0 Å². The van der Waals surface area contributed by atoms with Crippen molar-refractivity contribution < 1.29 is 14.4 Å². The molecule has 1 unspecified atom stereocenters. The Bertz CT molecular complexity index is 429. The zero-order valence-electron chi connectivity index (χ0n) is 11.5. The Balaban J connectivity index is 1.93. The van der Waals surface area contributed by atoms with E-state index in [9.17, 15) is 14.4 Å². The van der Waals surface area contributed by atoms with Crippen LogP contribution in [-0.2, 0) is 9.59 Å². The lowest BCUT2D eigenvalue weighted by Gasteiger charge is -2.24. The van der Waals surface area contributed by atoms with Crippen molar-refractivity contribution in [2.75, 3.05) is 19.6 Å². The molecule has 0 aliphatic carbocycles. The molecule has 0 bridgehead atoms. The molecule has 7 heteroatoms. The summed E-state index contributed by atoms with van der Waals surface area (Å²) in [6, 6.07) is -0.480. The zero-order chi connectivity index (χ0) is 14.3. The monoisotopic (exact) mass is 268 g/mol. The maximum atomic E-state index is 12.0. The van der Waals surface area contributed by atoms with Gasteiger partial charge in [-0.2, -0.15) is 0 Å². The van der Waals surface area contributed by atoms with Crippen molar-refractivity contribution in [1.29, 1.82) is 0 Å². The summed E-state index contributed by atoms with van der Waals surface area (Å²) in [4.78, 5) is 36.6. The van der Waals surface area contributed by atoms with Gasteiger partial charge < -0.3 is 15.5 Å². The van der Waals surface area contributed by atoms with E-state index in [4.69, 9.17) is 0 Å². The van der Waals surface area contributed by atoms with Crippen molar-refractivity contribution in [2.24, 2.45) is 0 Å². The topological polar surface area (TPSA) is 90.5 Å². The first kappa shape index (κ1) is 13.8. The largest absolute Gasteiger partial charge is 0.339 e. The fourth-order valence-electron chi connectivity index (χ4n) is 2.29. The van der Waals surface area contributed by atoms with Crippen molar-refractivity contribution in [3.63, 3.8) is 0 Å². The number of amides is 4. The van der Waals surface area contributed by atoms with Gasteiger partial charge in [-0.15, -0.1) is 0 Å². The van der Waals surface area contributed by atoms with E-state index in [0.717, 1.165) is 0 Å². The standard InChI is InChI=1S/C12H20N4O3/c1-11(2,3)13-6-8(17)16-5-4-12(7-16)9(18)14-10(19)15-12/h13H,4-7H2,1-3H3,(H2,14,15,18,19). The van der Waals surface area contributed by atoms with Crippen LogP contribution in [0.25, 0.3) is 0 Å². The summed E-state index contributed by atoms with van der Waals surface area (Å²) in [6.45, 7) is 6.91. The fourth-order valence-corrected chi connectivity index (χ4v) is 2.29. The van der Waals surface area contributed by atoms with E-state index < -0.39 is 11.6 Å². The van der Waals surface area contributed by atoms with E-state index in [1.165, 1.54) is 0 Å². The highest BCUT2D eigenvalue weighted by atomic mass is 16.2. The van der Waals surface area contributed by atoms with E-state index in [-0.39, 0.29) is 30.4 Å². The molecule has 2 rings (SSSR count). The van der Waals surface area contributed by atoms with Crippen LogP contribution in [0.1, 0.15) is 27.2 Å². The minimum Gasteiger partial charge on any atom is -0.339 e. The number of urea groups is 1. The number of nitrogens with zero attached hydrogens (tertiary/aromatic N) is 1. The predicted octanol–water partition coefficient (Wildman–Crippen LogP) is -0.815. The second-order valence-corrected chi connectivity index (χ2v) is 6.16. The van der Waals surface area contributed by atoms with Crippen LogP contribution in [-0.4, -0.2) is 53.5 Å². The van der Waals surface area contributed by atoms with Crippen LogP contribution >= 0.6 is 0 Å². The van der Waals surface area contributed by atoms with Gasteiger partial charge >= 0.3 is 6.03 Å². The lowest BCUT2D eigenvalue weighted by molar-refractivity contribution is -0.130. The molecule has 0 aromatic heterocycles. The molecule has 2 aliphatic rings. The van der Waals surface area contributed by atoms with E-state index in [1.807, 2.05) is 20.8 Å². The van der Waals surface area contributed by atoms with Crippen LogP contribution in [0.4, 0.5) is 4.79 Å². The first-order chi connectivity index (χ1) is 8.72. The van der Waals surface area contributed by atoms with Gasteiger partial charge in [0.2, 0.25) is 5.91 Å².